The molecule has 2 atom stereocenters. The molecular weight excluding hydrogens is 484 g/mol. The molecule has 0 fully saturated rings. The molecule has 0 heterocycles. The molecule has 0 aliphatic carbocycles. The van der Waals surface area contributed by atoms with E-state index in [2.05, 4.69) is 5.32 Å². The Morgan fingerprint density at radius 1 is 1.13 bits per heavy atom. The number of amides is 1. The SMILES string of the molecule is CO[C@@H](c1cccc(NS(=O)(=O)C(F)(F)F)c1)[C@@H](CNC(=O)O)c1ccc(Cl)c(Cl)c1. The van der Waals surface area contributed by atoms with E-state index >= 15 is 0 Å². The van der Waals surface area contributed by atoms with Crippen LogP contribution in [0.25, 0.3) is 0 Å². The molecule has 170 valence electrons. The van der Waals surface area contributed by atoms with Crippen molar-refractivity contribution in [2.24, 2.45) is 0 Å². The van der Waals surface area contributed by atoms with Crippen LogP contribution in [0.15, 0.2) is 42.5 Å². The molecule has 13 heteroatoms. The van der Waals surface area contributed by atoms with Gasteiger partial charge in [-0.2, -0.15) is 21.6 Å². The summed E-state index contributed by atoms with van der Waals surface area (Å²) in [5, 5.41) is 11.7. The number of sulfonamides is 1. The average molecular weight is 501 g/mol. The van der Waals surface area contributed by atoms with E-state index in [0.29, 0.717) is 11.1 Å². The summed E-state index contributed by atoms with van der Waals surface area (Å²) in [6, 6.07) is 9.78. The fourth-order valence-electron chi connectivity index (χ4n) is 2.86. The molecule has 0 saturated carbocycles. The first kappa shape index (κ1) is 25.1. The summed E-state index contributed by atoms with van der Waals surface area (Å²) in [5.74, 6) is -0.676. The molecule has 0 unspecified atom stereocenters. The molecule has 1 amide bonds. The second-order valence-electron chi connectivity index (χ2n) is 6.30. The van der Waals surface area contributed by atoms with E-state index in [0.717, 1.165) is 6.07 Å². The monoisotopic (exact) mass is 500 g/mol. The predicted octanol–water partition coefficient (Wildman–Crippen LogP) is 4.99. The Kier molecular flexibility index (Phi) is 8.04. The molecule has 2 aromatic carbocycles. The first-order valence-corrected chi connectivity index (χ1v) is 10.7. The van der Waals surface area contributed by atoms with Gasteiger partial charge in [-0.3, -0.25) is 4.72 Å². The van der Waals surface area contributed by atoms with Crippen molar-refractivity contribution in [3.05, 3.63) is 63.6 Å². The lowest BCUT2D eigenvalue weighted by molar-refractivity contribution is -0.0429. The number of nitrogens with one attached hydrogen (secondary N) is 2. The number of hydrogen-bond donors (Lipinski definition) is 3. The molecule has 2 aromatic rings. The van der Waals surface area contributed by atoms with Crippen molar-refractivity contribution in [3.8, 4) is 0 Å². The lowest BCUT2D eigenvalue weighted by Crippen LogP contribution is -2.31. The summed E-state index contributed by atoms with van der Waals surface area (Å²) in [6.45, 7) is -0.135. The van der Waals surface area contributed by atoms with Crippen LogP contribution in [-0.4, -0.2) is 38.8 Å². The number of ether oxygens (including phenoxy) is 1. The van der Waals surface area contributed by atoms with Crippen molar-refractivity contribution in [2.45, 2.75) is 17.5 Å². The number of rotatable bonds is 8. The lowest BCUT2D eigenvalue weighted by atomic mass is 9.88. The minimum absolute atomic E-state index is 0.135. The van der Waals surface area contributed by atoms with Crippen molar-refractivity contribution < 1.29 is 36.2 Å². The van der Waals surface area contributed by atoms with Crippen LogP contribution < -0.4 is 10.0 Å². The van der Waals surface area contributed by atoms with Crippen LogP contribution in [0.4, 0.5) is 23.7 Å². The minimum Gasteiger partial charge on any atom is -0.465 e. The maximum atomic E-state index is 12.7. The van der Waals surface area contributed by atoms with Gasteiger partial charge in [0.1, 0.15) is 0 Å². The lowest BCUT2D eigenvalue weighted by Gasteiger charge is -2.27. The van der Waals surface area contributed by atoms with E-state index in [1.54, 1.807) is 6.07 Å². The number of alkyl halides is 3. The zero-order chi connectivity index (χ0) is 23.4. The number of carbonyl (C=O) groups is 1. The van der Waals surface area contributed by atoms with Gasteiger partial charge in [-0.25, -0.2) is 4.79 Å². The number of hydrogen-bond acceptors (Lipinski definition) is 4. The highest BCUT2D eigenvalue weighted by Crippen LogP contribution is 2.37. The normalized spacial score (nSPS) is 14.0. The maximum Gasteiger partial charge on any atom is 0.516 e. The van der Waals surface area contributed by atoms with Gasteiger partial charge in [0, 0.05) is 25.3 Å². The van der Waals surface area contributed by atoms with Crippen LogP contribution in [0.2, 0.25) is 10.0 Å². The Morgan fingerprint density at radius 2 is 1.81 bits per heavy atom. The summed E-state index contributed by atoms with van der Waals surface area (Å²) in [5.41, 5.74) is -4.99. The number of halogens is 5. The van der Waals surface area contributed by atoms with Gasteiger partial charge in [0.2, 0.25) is 0 Å². The molecule has 2 rings (SSSR count). The van der Waals surface area contributed by atoms with Gasteiger partial charge < -0.3 is 15.2 Å². The van der Waals surface area contributed by atoms with E-state index in [1.165, 1.54) is 42.2 Å². The molecule has 0 aliphatic heterocycles. The Labute approximate surface area is 186 Å². The van der Waals surface area contributed by atoms with Crippen molar-refractivity contribution in [3.63, 3.8) is 0 Å². The highest BCUT2D eigenvalue weighted by Gasteiger charge is 2.46. The van der Waals surface area contributed by atoms with Crippen LogP contribution >= 0.6 is 23.2 Å². The van der Waals surface area contributed by atoms with Crippen LogP contribution in [0.1, 0.15) is 23.1 Å². The largest absolute Gasteiger partial charge is 0.516 e. The zero-order valence-electron chi connectivity index (χ0n) is 15.8. The van der Waals surface area contributed by atoms with E-state index in [4.69, 9.17) is 33.0 Å². The molecule has 0 spiro atoms. The van der Waals surface area contributed by atoms with Gasteiger partial charge in [-0.1, -0.05) is 41.4 Å². The molecular formula is C18H17Cl2F3N2O5S. The summed E-state index contributed by atoms with van der Waals surface area (Å²) >= 11 is 12.0. The molecule has 0 saturated heterocycles. The topological polar surface area (TPSA) is 105 Å². The third kappa shape index (κ3) is 6.39. The highest BCUT2D eigenvalue weighted by molar-refractivity contribution is 7.93. The Hall–Kier alpha value is -2.21. The predicted molar refractivity (Wildman–Crippen MR) is 110 cm³/mol. The quantitative estimate of drug-likeness (QED) is 0.473. The summed E-state index contributed by atoms with van der Waals surface area (Å²) in [4.78, 5) is 11.0. The molecule has 0 radical (unpaired) electrons. The number of benzene rings is 2. The van der Waals surface area contributed by atoms with Gasteiger partial charge in [0.15, 0.2) is 0 Å². The fourth-order valence-corrected chi connectivity index (χ4v) is 3.72. The third-order valence-corrected chi connectivity index (χ3v) is 6.09. The van der Waals surface area contributed by atoms with Gasteiger partial charge in [-0.05, 0) is 35.4 Å². The van der Waals surface area contributed by atoms with Crippen LogP contribution in [0.5, 0.6) is 0 Å². The maximum absolute atomic E-state index is 12.7. The first-order valence-electron chi connectivity index (χ1n) is 8.49. The third-order valence-electron chi connectivity index (χ3n) is 4.24. The van der Waals surface area contributed by atoms with Crippen LogP contribution in [0, 0.1) is 0 Å². The van der Waals surface area contributed by atoms with E-state index in [1.807, 2.05) is 0 Å². The van der Waals surface area contributed by atoms with Gasteiger partial charge in [-0.15, -0.1) is 0 Å². The number of anilines is 1. The van der Waals surface area contributed by atoms with Crippen molar-refractivity contribution in [1.82, 2.24) is 5.32 Å². The Bertz CT molecular complexity index is 1050. The molecule has 0 bridgehead atoms. The number of methoxy groups -OCH3 is 1. The van der Waals surface area contributed by atoms with Crippen LogP contribution in [0.3, 0.4) is 0 Å². The summed E-state index contributed by atoms with van der Waals surface area (Å²) in [7, 11) is -4.30. The van der Waals surface area contributed by atoms with Gasteiger partial charge in [0.25, 0.3) is 0 Å². The standard InChI is InChI=1S/C18H17Cl2F3N2O5S/c1-30-16(11-3-2-4-12(7-11)25-31(28,29)18(21,22)23)13(9-24-17(26)27)10-5-6-14(19)15(20)8-10/h2-8,13,16,24-25H,9H2,1H3,(H,26,27)/t13-,16-/m0/s1. The number of carboxylic acid groups (broad SMARTS) is 1. The summed E-state index contributed by atoms with van der Waals surface area (Å²) < 4.78 is 67.8. The van der Waals surface area contributed by atoms with Gasteiger partial charge in [0.05, 0.1) is 16.1 Å². The van der Waals surface area contributed by atoms with Crippen LogP contribution in [-0.2, 0) is 14.8 Å². The molecule has 3 N–H and O–H groups in total. The second kappa shape index (κ2) is 9.94. The van der Waals surface area contributed by atoms with E-state index in [9.17, 15) is 26.4 Å². The molecule has 31 heavy (non-hydrogen) atoms. The highest BCUT2D eigenvalue weighted by atomic mass is 35.5. The zero-order valence-corrected chi connectivity index (χ0v) is 18.1. The Balaban J connectivity index is 2.45. The molecule has 0 aliphatic rings. The average Bonchev–Trinajstić information content (AvgIpc) is 2.66. The first-order chi connectivity index (χ1) is 14.4. The van der Waals surface area contributed by atoms with Crippen molar-refractivity contribution in [2.75, 3.05) is 18.4 Å². The van der Waals surface area contributed by atoms with E-state index in [-0.39, 0.29) is 22.3 Å². The fraction of sp³-hybridized carbons (Fsp3) is 0.278. The Morgan fingerprint density at radius 3 is 2.35 bits per heavy atom. The summed E-state index contributed by atoms with van der Waals surface area (Å²) in [6.07, 6.45) is -2.17. The second-order valence-corrected chi connectivity index (χ2v) is 8.79. The van der Waals surface area contributed by atoms with E-state index < -0.39 is 33.6 Å². The molecule has 0 aromatic heterocycles. The molecule has 7 nitrogen and oxygen atoms in total. The minimum atomic E-state index is -5.62. The van der Waals surface area contributed by atoms with Crippen molar-refractivity contribution in [1.29, 1.82) is 0 Å². The smallest absolute Gasteiger partial charge is 0.465 e. The van der Waals surface area contributed by atoms with Gasteiger partial charge >= 0.3 is 21.6 Å². The van der Waals surface area contributed by atoms with Crippen molar-refractivity contribution >= 4 is 45.0 Å².